The van der Waals surface area contributed by atoms with E-state index in [0.29, 0.717) is 8.67 Å². The molecule has 54 valence electrons. The second-order valence-corrected chi connectivity index (χ2v) is 6.48. The molecule has 1 fully saturated rings. The van der Waals surface area contributed by atoms with Crippen molar-refractivity contribution in [3.8, 4) is 0 Å². The molecule has 0 nitrogen and oxygen atoms in total. The summed E-state index contributed by atoms with van der Waals surface area (Å²) in [5.41, 5.74) is 0. The van der Waals surface area contributed by atoms with Gasteiger partial charge in [0.05, 0.1) is 0 Å². The predicted octanol–water partition coefficient (Wildman–Crippen LogP) is 3.05. The second-order valence-electron chi connectivity index (χ2n) is 3.14. The summed E-state index contributed by atoms with van der Waals surface area (Å²) in [6.07, 6.45) is 5.31. The van der Waals surface area contributed by atoms with Crippen LogP contribution >= 0.6 is 35.2 Å². The van der Waals surface area contributed by atoms with Gasteiger partial charge in [-0.3, -0.25) is 0 Å². The third kappa shape index (κ3) is 2.66. The number of hydrogen-bond acceptors (Lipinski definition) is 1. The maximum atomic E-state index is 4.44. The van der Waals surface area contributed by atoms with Gasteiger partial charge in [-0.05, 0) is 25.7 Å². The molecule has 0 radical (unpaired) electrons. The molecule has 1 saturated carbocycles. The number of hydrogen-bond donors (Lipinski definition) is 1. The minimum atomic E-state index is 0.580. The SMILES string of the molecule is CC1(I)CCC(S)CC1. The molecular formula is C7H13IS. The lowest BCUT2D eigenvalue weighted by Crippen LogP contribution is -2.24. The summed E-state index contributed by atoms with van der Waals surface area (Å²) < 4.78 is 0.580. The van der Waals surface area contributed by atoms with Crippen LogP contribution in [0.1, 0.15) is 32.6 Å². The van der Waals surface area contributed by atoms with Crippen molar-refractivity contribution in [2.24, 2.45) is 0 Å². The quantitative estimate of drug-likeness (QED) is 0.384. The van der Waals surface area contributed by atoms with Gasteiger partial charge in [0.1, 0.15) is 0 Å². The first-order valence-corrected chi connectivity index (χ1v) is 5.07. The van der Waals surface area contributed by atoms with Crippen LogP contribution in [0.25, 0.3) is 0 Å². The highest BCUT2D eigenvalue weighted by atomic mass is 127. The molecule has 0 atom stereocenters. The van der Waals surface area contributed by atoms with Crippen LogP contribution in [0.15, 0.2) is 0 Å². The molecule has 0 saturated heterocycles. The van der Waals surface area contributed by atoms with Crippen molar-refractivity contribution in [1.82, 2.24) is 0 Å². The van der Waals surface area contributed by atoms with E-state index in [4.69, 9.17) is 0 Å². The summed E-state index contributed by atoms with van der Waals surface area (Å²) in [4.78, 5) is 0. The summed E-state index contributed by atoms with van der Waals surface area (Å²) in [5.74, 6) is 0. The second kappa shape index (κ2) is 2.99. The van der Waals surface area contributed by atoms with Gasteiger partial charge < -0.3 is 0 Å². The lowest BCUT2D eigenvalue weighted by Gasteiger charge is -2.30. The van der Waals surface area contributed by atoms with Gasteiger partial charge in [-0.15, -0.1) is 0 Å². The lowest BCUT2D eigenvalue weighted by molar-refractivity contribution is 0.450. The normalized spacial score (nSPS) is 45.0. The van der Waals surface area contributed by atoms with E-state index >= 15 is 0 Å². The smallest absolute Gasteiger partial charge is 0.0195 e. The Morgan fingerprint density at radius 3 is 2.22 bits per heavy atom. The Morgan fingerprint density at radius 2 is 1.89 bits per heavy atom. The first kappa shape index (κ1) is 8.18. The lowest BCUT2D eigenvalue weighted by atomic mass is 9.90. The zero-order valence-corrected chi connectivity index (χ0v) is 8.78. The van der Waals surface area contributed by atoms with Crippen LogP contribution in [0.4, 0.5) is 0 Å². The molecule has 0 bridgehead atoms. The van der Waals surface area contributed by atoms with Crippen molar-refractivity contribution in [2.75, 3.05) is 0 Å². The fourth-order valence-corrected chi connectivity index (χ4v) is 2.09. The fourth-order valence-electron chi connectivity index (χ4n) is 1.20. The molecule has 0 aliphatic heterocycles. The first-order chi connectivity index (χ1) is 4.10. The van der Waals surface area contributed by atoms with Gasteiger partial charge in [0, 0.05) is 8.67 Å². The van der Waals surface area contributed by atoms with Crippen LogP contribution in [0, 0.1) is 0 Å². The Morgan fingerprint density at radius 1 is 1.44 bits per heavy atom. The molecule has 1 aliphatic rings. The molecule has 9 heavy (non-hydrogen) atoms. The third-order valence-electron chi connectivity index (χ3n) is 2.00. The van der Waals surface area contributed by atoms with E-state index in [1.54, 1.807) is 0 Å². The summed E-state index contributed by atoms with van der Waals surface area (Å²) in [7, 11) is 0. The van der Waals surface area contributed by atoms with E-state index in [0.717, 1.165) is 0 Å². The van der Waals surface area contributed by atoms with E-state index in [2.05, 4.69) is 42.1 Å². The fraction of sp³-hybridized carbons (Fsp3) is 1.00. The third-order valence-corrected chi connectivity index (χ3v) is 3.59. The Balaban J connectivity index is 2.35. The van der Waals surface area contributed by atoms with Gasteiger partial charge in [-0.2, -0.15) is 12.6 Å². The highest BCUT2D eigenvalue weighted by molar-refractivity contribution is 14.1. The monoisotopic (exact) mass is 256 g/mol. The van der Waals surface area contributed by atoms with Crippen molar-refractivity contribution in [1.29, 1.82) is 0 Å². The minimum Gasteiger partial charge on any atom is -0.176 e. The van der Waals surface area contributed by atoms with Crippen LogP contribution in [0.3, 0.4) is 0 Å². The maximum absolute atomic E-state index is 4.44. The number of halogens is 1. The van der Waals surface area contributed by atoms with Gasteiger partial charge in [0.2, 0.25) is 0 Å². The van der Waals surface area contributed by atoms with Gasteiger partial charge >= 0.3 is 0 Å². The Kier molecular flexibility index (Phi) is 2.72. The van der Waals surface area contributed by atoms with Gasteiger partial charge in [0.15, 0.2) is 0 Å². The largest absolute Gasteiger partial charge is 0.176 e. The molecule has 0 amide bonds. The summed E-state index contributed by atoms with van der Waals surface area (Å²) in [6, 6.07) is 0. The van der Waals surface area contributed by atoms with Gasteiger partial charge in [-0.1, -0.05) is 29.5 Å². The van der Waals surface area contributed by atoms with Crippen LogP contribution < -0.4 is 0 Å². The number of thiol groups is 1. The van der Waals surface area contributed by atoms with Crippen LogP contribution in [0.2, 0.25) is 0 Å². The number of rotatable bonds is 0. The zero-order chi connectivity index (χ0) is 6.91. The van der Waals surface area contributed by atoms with E-state index in [-0.39, 0.29) is 0 Å². The first-order valence-electron chi connectivity index (χ1n) is 3.47. The molecule has 0 aromatic rings. The molecule has 2 heteroatoms. The van der Waals surface area contributed by atoms with Crippen molar-refractivity contribution in [3.05, 3.63) is 0 Å². The average molecular weight is 256 g/mol. The van der Waals surface area contributed by atoms with Gasteiger partial charge in [0.25, 0.3) is 0 Å². The van der Waals surface area contributed by atoms with Crippen LogP contribution in [-0.2, 0) is 0 Å². The molecule has 1 rings (SSSR count). The van der Waals surface area contributed by atoms with Crippen LogP contribution in [-0.4, -0.2) is 8.67 Å². The summed E-state index contributed by atoms with van der Waals surface area (Å²) in [6.45, 7) is 2.34. The van der Waals surface area contributed by atoms with Crippen LogP contribution in [0.5, 0.6) is 0 Å². The standard InChI is InChI=1S/C7H13IS/c1-7(8)4-2-6(9)3-5-7/h6,9H,2-5H2,1H3. The molecule has 0 N–H and O–H groups in total. The van der Waals surface area contributed by atoms with Crippen molar-refractivity contribution in [2.45, 2.75) is 41.3 Å². The highest BCUT2D eigenvalue weighted by Crippen LogP contribution is 2.37. The topological polar surface area (TPSA) is 0 Å². The Hall–Kier alpha value is 1.08. The Labute approximate surface area is 76.3 Å². The summed E-state index contributed by atoms with van der Waals surface area (Å²) >= 11 is 7.00. The van der Waals surface area contributed by atoms with E-state index in [1.807, 2.05) is 0 Å². The average Bonchev–Trinajstić information content (AvgIpc) is 1.78. The molecular weight excluding hydrogens is 243 g/mol. The number of alkyl halides is 1. The molecule has 0 aromatic carbocycles. The molecule has 0 spiro atoms. The van der Waals surface area contributed by atoms with E-state index in [1.165, 1.54) is 25.7 Å². The molecule has 0 unspecified atom stereocenters. The molecule has 0 aromatic heterocycles. The zero-order valence-electron chi connectivity index (χ0n) is 5.73. The Bertz CT molecular complexity index is 91.1. The van der Waals surface area contributed by atoms with Crippen molar-refractivity contribution >= 4 is 35.2 Å². The summed E-state index contributed by atoms with van der Waals surface area (Å²) in [5, 5.41) is 0.688. The van der Waals surface area contributed by atoms with E-state index < -0.39 is 0 Å². The highest BCUT2D eigenvalue weighted by Gasteiger charge is 2.26. The molecule has 1 aliphatic carbocycles. The van der Waals surface area contributed by atoms with E-state index in [9.17, 15) is 0 Å². The maximum Gasteiger partial charge on any atom is 0.0195 e. The van der Waals surface area contributed by atoms with Crippen molar-refractivity contribution < 1.29 is 0 Å². The van der Waals surface area contributed by atoms with Gasteiger partial charge in [-0.25, -0.2) is 0 Å². The van der Waals surface area contributed by atoms with Crippen molar-refractivity contribution in [3.63, 3.8) is 0 Å². The minimum absolute atomic E-state index is 0.580. The predicted molar refractivity (Wildman–Crippen MR) is 53.7 cm³/mol. The molecule has 0 heterocycles.